The highest BCUT2D eigenvalue weighted by atomic mass is 35.5. The molecule has 112 valence electrons. The second-order valence-corrected chi connectivity index (χ2v) is 5.71. The normalized spacial score (nSPS) is 12.2. The smallest absolute Gasteiger partial charge is 0.124 e. The Labute approximate surface area is 135 Å². The van der Waals surface area contributed by atoms with Crippen LogP contribution in [0.3, 0.4) is 0 Å². The van der Waals surface area contributed by atoms with Gasteiger partial charge in [-0.25, -0.2) is 0 Å². The van der Waals surface area contributed by atoms with Crippen molar-refractivity contribution in [2.45, 2.75) is 25.8 Å². The number of hydrogen-bond donors (Lipinski definition) is 1. The van der Waals surface area contributed by atoms with Crippen LogP contribution in [-0.4, -0.2) is 6.61 Å². The van der Waals surface area contributed by atoms with Crippen LogP contribution in [0.15, 0.2) is 42.5 Å². The maximum atomic E-state index is 6.34. The molecule has 2 rings (SSSR count). The first kappa shape index (κ1) is 16.2. The fourth-order valence-corrected chi connectivity index (χ4v) is 2.74. The van der Waals surface area contributed by atoms with Crippen molar-refractivity contribution in [2.75, 3.05) is 6.61 Å². The van der Waals surface area contributed by atoms with Gasteiger partial charge in [0.1, 0.15) is 5.75 Å². The molecule has 0 amide bonds. The summed E-state index contributed by atoms with van der Waals surface area (Å²) in [6, 6.07) is 13.1. The minimum atomic E-state index is -0.213. The van der Waals surface area contributed by atoms with E-state index in [1.165, 1.54) is 0 Å². The van der Waals surface area contributed by atoms with Gasteiger partial charge in [-0.05, 0) is 36.6 Å². The molecule has 1 atom stereocenters. The molecule has 1 unspecified atom stereocenters. The van der Waals surface area contributed by atoms with Gasteiger partial charge in [0.2, 0.25) is 0 Å². The molecular weight excluding hydrogens is 305 g/mol. The quantitative estimate of drug-likeness (QED) is 0.809. The van der Waals surface area contributed by atoms with Gasteiger partial charge in [0, 0.05) is 21.7 Å². The third kappa shape index (κ3) is 4.13. The molecule has 0 fully saturated rings. The van der Waals surface area contributed by atoms with Crippen molar-refractivity contribution < 1.29 is 4.74 Å². The highest BCUT2D eigenvalue weighted by molar-refractivity contribution is 6.36. The predicted molar refractivity (Wildman–Crippen MR) is 89.3 cm³/mol. The maximum Gasteiger partial charge on any atom is 0.124 e. The van der Waals surface area contributed by atoms with Crippen LogP contribution in [0.5, 0.6) is 5.75 Å². The zero-order chi connectivity index (χ0) is 15.2. The van der Waals surface area contributed by atoms with Crippen LogP contribution in [0.2, 0.25) is 10.0 Å². The number of para-hydroxylation sites is 1. The Morgan fingerprint density at radius 2 is 1.71 bits per heavy atom. The van der Waals surface area contributed by atoms with E-state index in [9.17, 15) is 0 Å². The van der Waals surface area contributed by atoms with Crippen molar-refractivity contribution in [3.8, 4) is 5.75 Å². The van der Waals surface area contributed by atoms with E-state index in [0.717, 1.165) is 23.3 Å². The van der Waals surface area contributed by atoms with Crippen molar-refractivity contribution in [1.82, 2.24) is 0 Å². The lowest BCUT2D eigenvalue weighted by molar-refractivity contribution is 0.312. The minimum Gasteiger partial charge on any atom is -0.493 e. The van der Waals surface area contributed by atoms with Crippen molar-refractivity contribution in [3.63, 3.8) is 0 Å². The van der Waals surface area contributed by atoms with Crippen LogP contribution in [-0.2, 0) is 6.42 Å². The Balaban J connectivity index is 2.22. The zero-order valence-corrected chi connectivity index (χ0v) is 13.5. The molecule has 0 aliphatic carbocycles. The third-order valence-electron chi connectivity index (χ3n) is 3.27. The molecule has 0 aromatic heterocycles. The third-order valence-corrected chi connectivity index (χ3v) is 3.97. The van der Waals surface area contributed by atoms with E-state index in [4.69, 9.17) is 33.7 Å². The average molecular weight is 324 g/mol. The molecule has 0 heterocycles. The molecule has 0 radical (unpaired) electrons. The fraction of sp³-hybridized carbons (Fsp3) is 0.294. The van der Waals surface area contributed by atoms with E-state index in [1.807, 2.05) is 42.5 Å². The summed E-state index contributed by atoms with van der Waals surface area (Å²) in [5, 5.41) is 1.29. The van der Waals surface area contributed by atoms with E-state index in [-0.39, 0.29) is 6.04 Å². The largest absolute Gasteiger partial charge is 0.493 e. The van der Waals surface area contributed by atoms with Gasteiger partial charge in [-0.2, -0.15) is 0 Å². The van der Waals surface area contributed by atoms with Crippen LogP contribution < -0.4 is 10.5 Å². The van der Waals surface area contributed by atoms with Crippen LogP contribution in [0.1, 0.15) is 30.5 Å². The van der Waals surface area contributed by atoms with E-state index in [1.54, 1.807) is 0 Å². The summed E-state index contributed by atoms with van der Waals surface area (Å²) in [6.45, 7) is 2.75. The van der Waals surface area contributed by atoms with Gasteiger partial charge in [-0.1, -0.05) is 54.4 Å². The summed E-state index contributed by atoms with van der Waals surface area (Å²) in [6.07, 6.45) is 1.53. The molecule has 0 spiro atoms. The Bertz CT molecular complexity index is 581. The number of hydrogen-bond acceptors (Lipinski definition) is 2. The highest BCUT2D eigenvalue weighted by Gasteiger charge is 2.15. The summed E-state index contributed by atoms with van der Waals surface area (Å²) >= 11 is 12.4. The summed E-state index contributed by atoms with van der Waals surface area (Å²) in [5.41, 5.74) is 8.19. The predicted octanol–water partition coefficient (Wildman–Crippen LogP) is 5.02. The summed E-state index contributed by atoms with van der Waals surface area (Å²) < 4.78 is 5.76. The molecule has 2 aromatic rings. The SMILES string of the molecule is CCCOc1ccccc1C(N)Cc1c(Cl)cccc1Cl. The van der Waals surface area contributed by atoms with Crippen LogP contribution in [0.4, 0.5) is 0 Å². The average Bonchev–Trinajstić information content (AvgIpc) is 2.49. The molecule has 2 nitrogen and oxygen atoms in total. The molecule has 2 aromatic carbocycles. The molecule has 4 heteroatoms. The Morgan fingerprint density at radius 1 is 1.05 bits per heavy atom. The number of nitrogens with two attached hydrogens (primary N) is 1. The second-order valence-electron chi connectivity index (χ2n) is 4.90. The van der Waals surface area contributed by atoms with Gasteiger partial charge >= 0.3 is 0 Å². The monoisotopic (exact) mass is 323 g/mol. The Morgan fingerprint density at radius 3 is 2.38 bits per heavy atom. The van der Waals surface area contributed by atoms with E-state index in [2.05, 4.69) is 6.92 Å². The van der Waals surface area contributed by atoms with Gasteiger partial charge < -0.3 is 10.5 Å². The van der Waals surface area contributed by atoms with E-state index in [0.29, 0.717) is 23.1 Å². The number of benzene rings is 2. The summed E-state index contributed by atoms with van der Waals surface area (Å²) in [7, 11) is 0. The van der Waals surface area contributed by atoms with Gasteiger partial charge in [0.15, 0.2) is 0 Å². The van der Waals surface area contributed by atoms with Gasteiger partial charge in [-0.15, -0.1) is 0 Å². The van der Waals surface area contributed by atoms with Crippen LogP contribution >= 0.6 is 23.2 Å². The first-order valence-corrected chi connectivity index (χ1v) is 7.79. The van der Waals surface area contributed by atoms with Crippen LogP contribution in [0.25, 0.3) is 0 Å². The lowest BCUT2D eigenvalue weighted by Gasteiger charge is -2.18. The fourth-order valence-electron chi connectivity index (χ4n) is 2.19. The molecule has 0 aliphatic rings. The van der Waals surface area contributed by atoms with Crippen LogP contribution in [0, 0.1) is 0 Å². The zero-order valence-electron chi connectivity index (χ0n) is 12.0. The first-order chi connectivity index (χ1) is 10.1. The molecule has 0 saturated carbocycles. The van der Waals surface area contributed by atoms with Crippen molar-refractivity contribution in [2.24, 2.45) is 5.73 Å². The van der Waals surface area contributed by atoms with Crippen molar-refractivity contribution >= 4 is 23.2 Å². The van der Waals surface area contributed by atoms with Crippen molar-refractivity contribution in [3.05, 3.63) is 63.6 Å². The van der Waals surface area contributed by atoms with E-state index >= 15 is 0 Å². The number of rotatable bonds is 6. The Kier molecular flexibility index (Phi) is 5.92. The number of ether oxygens (including phenoxy) is 1. The molecular formula is C17H19Cl2NO. The molecule has 2 N–H and O–H groups in total. The molecule has 0 aliphatic heterocycles. The van der Waals surface area contributed by atoms with Crippen molar-refractivity contribution in [1.29, 1.82) is 0 Å². The summed E-state index contributed by atoms with van der Waals surface area (Å²) in [4.78, 5) is 0. The highest BCUT2D eigenvalue weighted by Crippen LogP contribution is 2.31. The summed E-state index contributed by atoms with van der Waals surface area (Å²) in [5.74, 6) is 0.829. The first-order valence-electron chi connectivity index (χ1n) is 7.03. The molecule has 0 saturated heterocycles. The topological polar surface area (TPSA) is 35.2 Å². The lowest BCUT2D eigenvalue weighted by atomic mass is 9.99. The standard InChI is InChI=1S/C17H19Cl2NO/c1-2-10-21-17-9-4-3-6-12(17)16(20)11-13-14(18)7-5-8-15(13)19/h3-9,16H,2,10-11,20H2,1H3. The Hall–Kier alpha value is -1.22. The van der Waals surface area contributed by atoms with E-state index < -0.39 is 0 Å². The molecule has 0 bridgehead atoms. The second kappa shape index (κ2) is 7.69. The number of halogens is 2. The van der Waals surface area contributed by atoms with Gasteiger partial charge in [-0.3, -0.25) is 0 Å². The van der Waals surface area contributed by atoms with Gasteiger partial charge in [0.05, 0.1) is 6.61 Å². The van der Waals surface area contributed by atoms with Gasteiger partial charge in [0.25, 0.3) is 0 Å². The lowest BCUT2D eigenvalue weighted by Crippen LogP contribution is -2.15. The minimum absolute atomic E-state index is 0.213. The molecule has 21 heavy (non-hydrogen) atoms. The maximum absolute atomic E-state index is 6.34.